The Morgan fingerprint density at radius 2 is 1.81 bits per heavy atom. The van der Waals surface area contributed by atoms with Crippen LogP contribution in [-0.4, -0.2) is 43.5 Å². The summed E-state index contributed by atoms with van der Waals surface area (Å²) in [5.41, 5.74) is 1.79. The Kier molecular flexibility index (Phi) is 9.76. The van der Waals surface area contributed by atoms with E-state index in [4.69, 9.17) is 4.74 Å². The Bertz CT molecular complexity index is 1630. The molecule has 254 valence electrons. The van der Waals surface area contributed by atoms with E-state index >= 15 is 4.39 Å². The zero-order chi connectivity index (χ0) is 32.3. The van der Waals surface area contributed by atoms with E-state index in [0.717, 1.165) is 63.0 Å². The van der Waals surface area contributed by atoms with Crippen LogP contribution >= 0.6 is 0 Å². The van der Waals surface area contributed by atoms with Crippen LogP contribution in [0.3, 0.4) is 0 Å². The van der Waals surface area contributed by atoms with Crippen LogP contribution in [0.15, 0.2) is 36.4 Å². The molecule has 5 aliphatic rings. The third-order valence-corrected chi connectivity index (χ3v) is 13.3. The van der Waals surface area contributed by atoms with Gasteiger partial charge in [0.2, 0.25) is 15.9 Å². The fraction of sp³-hybridized carbons (Fsp3) is 0.595. The molecule has 7 nitrogen and oxygen atoms in total. The van der Waals surface area contributed by atoms with Crippen LogP contribution < -0.4 is 14.8 Å². The Labute approximate surface area is 292 Å². The molecule has 4 saturated carbocycles. The van der Waals surface area contributed by atoms with E-state index in [0.29, 0.717) is 47.5 Å². The van der Waals surface area contributed by atoms with Gasteiger partial charge in [0.1, 0.15) is 11.6 Å². The molecule has 2 atom stereocenters. The maximum Gasteiger partial charge on any atom is 0.243 e. The molecule has 2 aromatic carbocycles. The summed E-state index contributed by atoms with van der Waals surface area (Å²) in [5.74, 6) is 1.52. The van der Waals surface area contributed by atoms with E-state index in [1.165, 1.54) is 25.3 Å². The van der Waals surface area contributed by atoms with Crippen molar-refractivity contribution >= 4 is 21.7 Å². The zero-order valence-electron chi connectivity index (χ0n) is 27.4. The van der Waals surface area contributed by atoms with Gasteiger partial charge in [-0.1, -0.05) is 24.6 Å². The number of hydrogen-bond acceptors (Lipinski definition) is 6. The van der Waals surface area contributed by atoms with Gasteiger partial charge in [0.05, 0.1) is 16.8 Å². The topological polar surface area (TPSA) is 102 Å². The van der Waals surface area contributed by atoms with Gasteiger partial charge < -0.3 is 14.8 Å². The van der Waals surface area contributed by atoms with E-state index in [-0.39, 0.29) is 50.4 Å². The number of Topliss-reactive ketones (excluding diaryl/α,β-unsaturated/α-hetero) is 1. The van der Waals surface area contributed by atoms with Crippen LogP contribution in [0.5, 0.6) is 5.75 Å². The minimum absolute atomic E-state index is 0. The second-order valence-corrected chi connectivity index (χ2v) is 17.1. The molecule has 1 spiro atoms. The van der Waals surface area contributed by atoms with Gasteiger partial charge in [-0.25, -0.2) is 12.8 Å². The molecule has 1 amide bonds. The molecule has 0 unspecified atom stereocenters. The molecule has 47 heavy (non-hydrogen) atoms. The van der Waals surface area contributed by atoms with Crippen molar-refractivity contribution in [2.24, 2.45) is 5.92 Å². The zero-order valence-corrected chi connectivity index (χ0v) is 31.2. The monoisotopic (exact) mass is 833 g/mol. The molecule has 7 rings (SSSR count). The first-order valence-electron chi connectivity index (χ1n) is 17.2. The van der Waals surface area contributed by atoms with Gasteiger partial charge in [-0.05, 0) is 137 Å². The quantitative estimate of drug-likeness (QED) is 0.247. The number of rotatable bonds is 11. The summed E-state index contributed by atoms with van der Waals surface area (Å²) >= 11 is 0. The third kappa shape index (κ3) is 6.96. The van der Waals surface area contributed by atoms with Gasteiger partial charge >= 0.3 is 0 Å². The number of sulfonamides is 1. The predicted octanol–water partition coefficient (Wildman–Crippen LogP) is 6.64. The number of amides is 1. The maximum absolute atomic E-state index is 15.4. The first-order chi connectivity index (χ1) is 21.9. The average molecular weight is 834 g/mol. The number of benzene rings is 2. The molecule has 2 N–H and O–H groups in total. The largest absolute Gasteiger partial charge is 0.490 e. The van der Waals surface area contributed by atoms with Crippen molar-refractivity contribution in [1.29, 1.82) is 0 Å². The molecule has 2 aromatic rings. The van der Waals surface area contributed by atoms with Crippen LogP contribution in [0.2, 0.25) is 0 Å². The summed E-state index contributed by atoms with van der Waals surface area (Å²) in [7, 11) is -3.71. The molecule has 10 heteroatoms. The summed E-state index contributed by atoms with van der Waals surface area (Å²) < 4.78 is 49.6. The maximum atomic E-state index is 15.4. The van der Waals surface area contributed by atoms with Gasteiger partial charge in [-0.2, -0.15) is 0 Å². The van der Waals surface area contributed by atoms with Gasteiger partial charge in [-0.15, -0.1) is 13.0 Å². The first kappa shape index (κ1) is 34.6. The normalized spacial score (nSPS) is 23.9. The number of carbonyl (C=O) groups excluding carboxylic acids is 2. The van der Waals surface area contributed by atoms with Crippen molar-refractivity contribution in [3.8, 4) is 16.9 Å². The molecule has 0 bridgehead atoms. The number of halogens is 1. The molecule has 1 saturated heterocycles. The van der Waals surface area contributed by atoms with Crippen LogP contribution in [0, 0.1) is 17.7 Å². The SMILES string of the molecule is CC(C)(C(=O)NS(=O)(=O)C1CC1)c1ccc(O[C@@H]2CC[C@@H](CC(=O)[C-]3CNC4(CCC4)C3)C2)c(-c2cccc(F)c2C2CCC2)c1.[W]. The summed E-state index contributed by atoms with van der Waals surface area (Å²) in [5, 5.41) is 3.08. The Hall–Kier alpha value is -2.22. The van der Waals surface area contributed by atoms with Gasteiger partial charge in [0.25, 0.3) is 0 Å². The number of hydrogen-bond donors (Lipinski definition) is 2. The molecule has 0 radical (unpaired) electrons. The molecular formula is C37H46FN2O5SW-. The van der Waals surface area contributed by atoms with Crippen molar-refractivity contribution in [3.63, 3.8) is 0 Å². The van der Waals surface area contributed by atoms with Crippen molar-refractivity contribution in [3.05, 3.63) is 59.3 Å². The van der Waals surface area contributed by atoms with Crippen molar-refractivity contribution in [2.75, 3.05) is 6.54 Å². The molecule has 1 aliphatic heterocycles. The standard InChI is InChI=1S/C37H46FN2O5S.W/c1-36(2,35(42)40-46(43,44)28-13-14-28)26-11-15-33(30(20-26)29-8-4-9-31(38)34(29)24-6-3-7-24)45-27-12-10-23(18-27)19-32(41)25-21-37(39-22-25)16-5-17-37;/h4,8-9,11,15,20,23-24,27-28,39H,3,5-7,10,12-14,16-19,21-22H2,1-2H3,(H,40,42);/q-1;/t23-,27-;/m1./s1. The molecule has 1 heterocycles. The van der Waals surface area contributed by atoms with Crippen molar-refractivity contribution < 1.29 is 48.2 Å². The Morgan fingerprint density at radius 3 is 2.45 bits per heavy atom. The van der Waals surface area contributed by atoms with E-state index in [1.54, 1.807) is 19.9 Å². The predicted molar refractivity (Wildman–Crippen MR) is 175 cm³/mol. The average Bonchev–Trinajstić information content (AvgIpc) is 3.59. The molecule has 4 aliphatic carbocycles. The van der Waals surface area contributed by atoms with Crippen molar-refractivity contribution in [1.82, 2.24) is 10.0 Å². The summed E-state index contributed by atoms with van der Waals surface area (Å²) in [6, 6.07) is 10.7. The second kappa shape index (κ2) is 13.2. The van der Waals surface area contributed by atoms with E-state index in [1.807, 2.05) is 24.3 Å². The Morgan fingerprint density at radius 1 is 1.04 bits per heavy atom. The van der Waals surface area contributed by atoms with Gasteiger partial charge in [0.15, 0.2) is 0 Å². The Balaban J connectivity index is 0.00000386. The fourth-order valence-electron chi connectivity index (χ4n) is 7.85. The van der Waals surface area contributed by atoms with Crippen LogP contribution in [0.4, 0.5) is 4.39 Å². The summed E-state index contributed by atoms with van der Waals surface area (Å²) in [4.78, 5) is 26.6. The number of carbonyl (C=O) groups is 2. The van der Waals surface area contributed by atoms with Gasteiger partial charge in [0, 0.05) is 32.4 Å². The smallest absolute Gasteiger partial charge is 0.243 e. The van der Waals surface area contributed by atoms with E-state index < -0.39 is 26.6 Å². The van der Waals surface area contributed by atoms with Crippen LogP contribution in [-0.2, 0) is 46.1 Å². The summed E-state index contributed by atoms with van der Waals surface area (Å²) in [6.07, 6.45) is 11.5. The van der Waals surface area contributed by atoms with Crippen LogP contribution in [0.1, 0.15) is 114 Å². The molecule has 0 aromatic heterocycles. The number of ether oxygens (including phenoxy) is 1. The van der Waals surface area contributed by atoms with E-state index in [2.05, 4.69) is 10.0 Å². The summed E-state index contributed by atoms with van der Waals surface area (Å²) in [6.45, 7) is 4.15. The molecule has 5 fully saturated rings. The molecular weight excluding hydrogens is 787 g/mol. The fourth-order valence-corrected chi connectivity index (χ4v) is 9.29. The minimum Gasteiger partial charge on any atom is -0.490 e. The second-order valence-electron chi connectivity index (χ2n) is 15.2. The third-order valence-electron chi connectivity index (χ3n) is 11.5. The van der Waals surface area contributed by atoms with E-state index in [9.17, 15) is 18.0 Å². The minimum atomic E-state index is -3.71. The number of ketones is 1. The van der Waals surface area contributed by atoms with Crippen molar-refractivity contribution in [2.45, 2.75) is 126 Å². The number of nitrogens with one attached hydrogen (secondary N) is 2. The van der Waals surface area contributed by atoms with Crippen LogP contribution in [0.25, 0.3) is 11.1 Å². The first-order valence-corrected chi connectivity index (χ1v) is 18.8. The van der Waals surface area contributed by atoms with Gasteiger partial charge in [-0.3, -0.25) is 15.4 Å².